The molecule has 1 aliphatic rings. The van der Waals surface area contributed by atoms with Crippen LogP contribution in [0.2, 0.25) is 0 Å². The monoisotopic (exact) mass is 150 g/mol. The predicted octanol–water partition coefficient (Wildman–Crippen LogP) is 1.18. The molecule has 0 fully saturated rings. The second-order valence-electron chi connectivity index (χ2n) is 2.67. The van der Waals surface area contributed by atoms with Crippen molar-refractivity contribution >= 4 is 5.84 Å². The molecule has 0 radical (unpaired) electrons. The van der Waals surface area contributed by atoms with Crippen LogP contribution in [0.25, 0.3) is 0 Å². The van der Waals surface area contributed by atoms with E-state index in [-0.39, 0.29) is 0 Å². The first-order valence-electron chi connectivity index (χ1n) is 4.14. The van der Waals surface area contributed by atoms with Crippen LogP contribution in [0.15, 0.2) is 4.99 Å². The molecule has 0 aromatic rings. The summed E-state index contributed by atoms with van der Waals surface area (Å²) in [5.41, 5.74) is 0. The van der Waals surface area contributed by atoms with Crippen LogP contribution in [-0.2, 0) is 0 Å². The van der Waals surface area contributed by atoms with Crippen LogP contribution in [0, 0.1) is 12.3 Å². The van der Waals surface area contributed by atoms with Gasteiger partial charge >= 0.3 is 0 Å². The minimum absolute atomic E-state index is 0.861. The fourth-order valence-electron chi connectivity index (χ4n) is 1.11. The Morgan fingerprint density at radius 3 is 3.18 bits per heavy atom. The second kappa shape index (κ2) is 4.79. The number of nitrogens with one attached hydrogen (secondary N) is 1. The Hall–Kier alpha value is -0.970. The molecule has 1 aliphatic heterocycles. The Morgan fingerprint density at radius 2 is 2.55 bits per heavy atom. The average molecular weight is 150 g/mol. The number of terminal acetylenes is 1. The molecule has 0 atom stereocenters. The van der Waals surface area contributed by atoms with Crippen molar-refractivity contribution in [1.29, 1.82) is 0 Å². The molecule has 0 spiro atoms. The van der Waals surface area contributed by atoms with Crippen molar-refractivity contribution in [2.24, 2.45) is 4.99 Å². The summed E-state index contributed by atoms with van der Waals surface area (Å²) in [5, 5.41) is 3.27. The summed E-state index contributed by atoms with van der Waals surface area (Å²) < 4.78 is 0. The lowest BCUT2D eigenvalue weighted by molar-refractivity contribution is 0.791. The molecule has 0 aromatic heterocycles. The van der Waals surface area contributed by atoms with Gasteiger partial charge in [-0.25, -0.2) is 0 Å². The lowest BCUT2D eigenvalue weighted by atomic mass is 10.3. The number of nitrogens with zero attached hydrogens (tertiary/aromatic N) is 1. The number of hydrogen-bond acceptors (Lipinski definition) is 2. The topological polar surface area (TPSA) is 24.4 Å². The summed E-state index contributed by atoms with van der Waals surface area (Å²) >= 11 is 0. The van der Waals surface area contributed by atoms with Gasteiger partial charge in [0, 0.05) is 25.9 Å². The van der Waals surface area contributed by atoms with Crippen LogP contribution >= 0.6 is 0 Å². The Morgan fingerprint density at radius 1 is 1.64 bits per heavy atom. The summed E-state index contributed by atoms with van der Waals surface area (Å²) in [6, 6.07) is 0. The highest BCUT2D eigenvalue weighted by molar-refractivity contribution is 5.83. The maximum Gasteiger partial charge on any atom is 0.0963 e. The number of aliphatic imine (C=N–C) groups is 1. The predicted molar refractivity (Wildman–Crippen MR) is 47.6 cm³/mol. The molecule has 0 saturated carbocycles. The summed E-state index contributed by atoms with van der Waals surface area (Å²) in [7, 11) is 0. The molecule has 0 saturated heterocycles. The molecule has 0 unspecified atom stereocenters. The third-order valence-electron chi connectivity index (χ3n) is 1.70. The molecule has 1 rings (SSSR count). The van der Waals surface area contributed by atoms with Crippen LogP contribution < -0.4 is 5.32 Å². The third kappa shape index (κ3) is 3.08. The second-order valence-corrected chi connectivity index (χ2v) is 2.67. The number of hydrogen-bond donors (Lipinski definition) is 1. The highest BCUT2D eigenvalue weighted by Crippen LogP contribution is 2.00. The van der Waals surface area contributed by atoms with Gasteiger partial charge in [0.15, 0.2) is 0 Å². The largest absolute Gasteiger partial charge is 0.374 e. The SMILES string of the molecule is C#CCCCNC1=NCCC1. The van der Waals surface area contributed by atoms with Gasteiger partial charge in [0.25, 0.3) is 0 Å². The summed E-state index contributed by atoms with van der Waals surface area (Å²) in [5.74, 6) is 3.78. The van der Waals surface area contributed by atoms with E-state index < -0.39 is 0 Å². The molecule has 0 amide bonds. The van der Waals surface area contributed by atoms with Gasteiger partial charge in [0.05, 0.1) is 5.84 Å². The first-order chi connectivity index (χ1) is 5.43. The number of amidine groups is 1. The Balaban J connectivity index is 1.99. The van der Waals surface area contributed by atoms with E-state index in [9.17, 15) is 0 Å². The highest BCUT2D eigenvalue weighted by Gasteiger charge is 2.03. The third-order valence-corrected chi connectivity index (χ3v) is 1.70. The van der Waals surface area contributed by atoms with Crippen molar-refractivity contribution < 1.29 is 0 Å². The molecular weight excluding hydrogens is 136 g/mol. The molecular formula is C9H14N2. The van der Waals surface area contributed by atoms with Gasteiger partial charge in [-0.15, -0.1) is 12.3 Å². The van der Waals surface area contributed by atoms with Crippen molar-refractivity contribution in [3.05, 3.63) is 0 Å². The molecule has 0 bridgehead atoms. The zero-order valence-electron chi connectivity index (χ0n) is 6.77. The molecule has 1 heterocycles. The normalized spacial score (nSPS) is 15.7. The minimum atomic E-state index is 0.861. The van der Waals surface area contributed by atoms with Crippen molar-refractivity contribution in [3.63, 3.8) is 0 Å². The van der Waals surface area contributed by atoms with E-state index in [0.29, 0.717) is 0 Å². The van der Waals surface area contributed by atoms with Gasteiger partial charge in [0.1, 0.15) is 0 Å². The van der Waals surface area contributed by atoms with Crippen molar-refractivity contribution in [1.82, 2.24) is 5.32 Å². The maximum absolute atomic E-state index is 5.11. The summed E-state index contributed by atoms with van der Waals surface area (Å²) in [6.45, 7) is 1.97. The summed E-state index contributed by atoms with van der Waals surface area (Å²) in [6.07, 6.45) is 9.35. The van der Waals surface area contributed by atoms with Gasteiger partial charge in [-0.05, 0) is 12.8 Å². The van der Waals surface area contributed by atoms with E-state index in [1.165, 1.54) is 12.3 Å². The van der Waals surface area contributed by atoms with Gasteiger partial charge in [-0.3, -0.25) is 4.99 Å². The van der Waals surface area contributed by atoms with Crippen molar-refractivity contribution in [2.45, 2.75) is 25.7 Å². The van der Waals surface area contributed by atoms with Crippen molar-refractivity contribution in [3.8, 4) is 12.3 Å². The van der Waals surface area contributed by atoms with Gasteiger partial charge in [-0.2, -0.15) is 0 Å². The standard InChI is InChI=1S/C9H14N2/c1-2-3-4-7-10-9-6-5-8-11-9/h1H,3-8H2,(H,10,11). The first-order valence-corrected chi connectivity index (χ1v) is 4.14. The van der Waals surface area contributed by atoms with E-state index in [1.807, 2.05) is 0 Å². The molecule has 2 heteroatoms. The van der Waals surface area contributed by atoms with E-state index in [2.05, 4.69) is 16.2 Å². The van der Waals surface area contributed by atoms with Crippen LogP contribution in [0.3, 0.4) is 0 Å². The number of unbranched alkanes of at least 4 members (excludes halogenated alkanes) is 1. The highest BCUT2D eigenvalue weighted by atomic mass is 15.0. The van der Waals surface area contributed by atoms with E-state index >= 15 is 0 Å². The Bertz CT molecular complexity index is 176. The summed E-state index contributed by atoms with van der Waals surface area (Å²) in [4.78, 5) is 4.29. The quantitative estimate of drug-likeness (QED) is 0.474. The molecule has 1 N–H and O–H groups in total. The Labute approximate surface area is 68.1 Å². The molecule has 0 aliphatic carbocycles. The van der Waals surface area contributed by atoms with E-state index in [1.54, 1.807) is 0 Å². The average Bonchev–Trinajstić information content (AvgIpc) is 2.50. The minimum Gasteiger partial charge on any atom is -0.374 e. The molecule has 2 nitrogen and oxygen atoms in total. The maximum atomic E-state index is 5.11. The lowest BCUT2D eigenvalue weighted by Gasteiger charge is -2.02. The zero-order chi connectivity index (χ0) is 7.94. The molecule has 0 aromatic carbocycles. The van der Waals surface area contributed by atoms with Crippen LogP contribution in [0.1, 0.15) is 25.7 Å². The van der Waals surface area contributed by atoms with E-state index in [4.69, 9.17) is 6.42 Å². The van der Waals surface area contributed by atoms with Gasteiger partial charge in [-0.1, -0.05) is 0 Å². The fraction of sp³-hybridized carbons (Fsp3) is 0.667. The van der Waals surface area contributed by atoms with Crippen LogP contribution in [-0.4, -0.2) is 18.9 Å². The smallest absolute Gasteiger partial charge is 0.0963 e. The van der Waals surface area contributed by atoms with Crippen LogP contribution in [0.4, 0.5) is 0 Å². The zero-order valence-corrected chi connectivity index (χ0v) is 6.77. The lowest BCUT2D eigenvalue weighted by Crippen LogP contribution is -2.22. The molecule has 11 heavy (non-hydrogen) atoms. The van der Waals surface area contributed by atoms with Crippen molar-refractivity contribution in [2.75, 3.05) is 13.1 Å². The van der Waals surface area contributed by atoms with Crippen LogP contribution in [0.5, 0.6) is 0 Å². The van der Waals surface area contributed by atoms with Gasteiger partial charge in [0.2, 0.25) is 0 Å². The van der Waals surface area contributed by atoms with E-state index in [0.717, 1.165) is 32.4 Å². The Kier molecular flexibility index (Phi) is 3.54. The number of rotatable bonds is 3. The molecule has 60 valence electrons. The fourth-order valence-corrected chi connectivity index (χ4v) is 1.11. The first kappa shape index (κ1) is 8.13. The van der Waals surface area contributed by atoms with Gasteiger partial charge < -0.3 is 5.32 Å².